The van der Waals surface area contributed by atoms with Crippen LogP contribution in [-0.2, 0) is 6.54 Å². The molecule has 0 fully saturated rings. The summed E-state index contributed by atoms with van der Waals surface area (Å²) in [6.45, 7) is 7.18. The standard InChI is InChI=1S/C12H22N2O/c1-4-5-6-7-10(2)13-9-12-8-11(3)14-15-12/h8,10,13H,4-7,9H2,1-3H3. The summed E-state index contributed by atoms with van der Waals surface area (Å²) >= 11 is 0. The van der Waals surface area contributed by atoms with E-state index in [0.29, 0.717) is 6.04 Å². The average molecular weight is 210 g/mol. The van der Waals surface area contributed by atoms with Crippen molar-refractivity contribution in [3.63, 3.8) is 0 Å². The van der Waals surface area contributed by atoms with E-state index in [4.69, 9.17) is 4.52 Å². The van der Waals surface area contributed by atoms with Gasteiger partial charge in [-0.05, 0) is 20.3 Å². The second-order valence-corrected chi connectivity index (χ2v) is 4.21. The highest BCUT2D eigenvalue weighted by Crippen LogP contribution is 2.05. The molecule has 0 saturated heterocycles. The number of hydrogen-bond donors (Lipinski definition) is 1. The Morgan fingerprint density at radius 2 is 2.27 bits per heavy atom. The molecule has 0 aliphatic carbocycles. The molecule has 1 N–H and O–H groups in total. The van der Waals surface area contributed by atoms with Crippen LogP contribution in [0.3, 0.4) is 0 Å². The molecule has 1 atom stereocenters. The van der Waals surface area contributed by atoms with Gasteiger partial charge in [-0.25, -0.2) is 0 Å². The van der Waals surface area contributed by atoms with Crippen molar-refractivity contribution >= 4 is 0 Å². The van der Waals surface area contributed by atoms with Gasteiger partial charge in [0.2, 0.25) is 0 Å². The molecule has 1 aromatic heterocycles. The van der Waals surface area contributed by atoms with E-state index in [9.17, 15) is 0 Å². The van der Waals surface area contributed by atoms with Crippen LogP contribution in [0.25, 0.3) is 0 Å². The molecule has 1 heterocycles. The predicted molar refractivity (Wildman–Crippen MR) is 61.7 cm³/mol. The van der Waals surface area contributed by atoms with Crippen LogP contribution in [0.1, 0.15) is 51.0 Å². The third-order valence-electron chi connectivity index (χ3n) is 2.54. The predicted octanol–water partition coefficient (Wildman–Crippen LogP) is 3.04. The van der Waals surface area contributed by atoms with Crippen LogP contribution >= 0.6 is 0 Å². The highest BCUT2D eigenvalue weighted by molar-refractivity contribution is 5.02. The van der Waals surface area contributed by atoms with E-state index in [-0.39, 0.29) is 0 Å². The van der Waals surface area contributed by atoms with E-state index >= 15 is 0 Å². The van der Waals surface area contributed by atoms with Crippen LogP contribution in [0.15, 0.2) is 10.6 Å². The number of hydrogen-bond acceptors (Lipinski definition) is 3. The number of rotatable bonds is 7. The SMILES string of the molecule is CCCCCC(C)NCc1cc(C)no1. The lowest BCUT2D eigenvalue weighted by Gasteiger charge is -2.11. The zero-order valence-electron chi connectivity index (χ0n) is 10.0. The minimum atomic E-state index is 0.557. The summed E-state index contributed by atoms with van der Waals surface area (Å²) in [6, 6.07) is 2.54. The van der Waals surface area contributed by atoms with Crippen molar-refractivity contribution in [2.24, 2.45) is 0 Å². The van der Waals surface area contributed by atoms with Gasteiger partial charge >= 0.3 is 0 Å². The topological polar surface area (TPSA) is 38.1 Å². The Kier molecular flexibility index (Phi) is 5.40. The first-order valence-corrected chi connectivity index (χ1v) is 5.88. The molecule has 86 valence electrons. The zero-order chi connectivity index (χ0) is 11.1. The lowest BCUT2D eigenvalue weighted by atomic mass is 10.1. The molecule has 0 saturated carbocycles. The normalized spacial score (nSPS) is 13.0. The number of nitrogens with one attached hydrogen (secondary N) is 1. The van der Waals surface area contributed by atoms with E-state index in [2.05, 4.69) is 24.3 Å². The Morgan fingerprint density at radius 1 is 1.47 bits per heavy atom. The fourth-order valence-electron chi connectivity index (χ4n) is 1.58. The first kappa shape index (κ1) is 12.2. The summed E-state index contributed by atoms with van der Waals surface area (Å²) in [4.78, 5) is 0. The van der Waals surface area contributed by atoms with Crippen molar-refractivity contribution in [2.75, 3.05) is 0 Å². The summed E-state index contributed by atoms with van der Waals surface area (Å²) in [5, 5.41) is 7.29. The monoisotopic (exact) mass is 210 g/mol. The lowest BCUT2D eigenvalue weighted by molar-refractivity contribution is 0.358. The molecule has 0 bridgehead atoms. The van der Waals surface area contributed by atoms with Crippen LogP contribution in [0, 0.1) is 6.92 Å². The minimum Gasteiger partial charge on any atom is -0.360 e. The fourth-order valence-corrected chi connectivity index (χ4v) is 1.58. The molecule has 0 aliphatic heterocycles. The van der Waals surface area contributed by atoms with Crippen molar-refractivity contribution in [2.45, 2.75) is 59.0 Å². The van der Waals surface area contributed by atoms with E-state index in [1.165, 1.54) is 25.7 Å². The van der Waals surface area contributed by atoms with Crippen molar-refractivity contribution in [3.8, 4) is 0 Å². The van der Waals surface area contributed by atoms with Crippen molar-refractivity contribution in [1.82, 2.24) is 10.5 Å². The first-order valence-electron chi connectivity index (χ1n) is 5.88. The van der Waals surface area contributed by atoms with Gasteiger partial charge in [0.05, 0.1) is 12.2 Å². The van der Waals surface area contributed by atoms with Gasteiger partial charge in [-0.1, -0.05) is 31.3 Å². The molecule has 3 heteroatoms. The molecule has 3 nitrogen and oxygen atoms in total. The van der Waals surface area contributed by atoms with Crippen LogP contribution in [0.5, 0.6) is 0 Å². The van der Waals surface area contributed by atoms with Crippen LogP contribution in [-0.4, -0.2) is 11.2 Å². The van der Waals surface area contributed by atoms with Crippen molar-refractivity contribution in [3.05, 3.63) is 17.5 Å². The third-order valence-corrected chi connectivity index (χ3v) is 2.54. The van der Waals surface area contributed by atoms with Gasteiger partial charge in [0.1, 0.15) is 0 Å². The molecular weight excluding hydrogens is 188 g/mol. The van der Waals surface area contributed by atoms with Crippen molar-refractivity contribution in [1.29, 1.82) is 0 Å². The molecule has 0 aromatic carbocycles. The number of nitrogens with zero attached hydrogens (tertiary/aromatic N) is 1. The molecular formula is C12H22N2O. The molecule has 1 rings (SSSR count). The Hall–Kier alpha value is -0.830. The Bertz CT molecular complexity index is 270. The van der Waals surface area contributed by atoms with Crippen LogP contribution in [0.4, 0.5) is 0 Å². The van der Waals surface area contributed by atoms with E-state index in [1.54, 1.807) is 0 Å². The Balaban J connectivity index is 2.13. The zero-order valence-corrected chi connectivity index (χ0v) is 10.0. The molecule has 15 heavy (non-hydrogen) atoms. The largest absolute Gasteiger partial charge is 0.360 e. The van der Waals surface area contributed by atoms with Gasteiger partial charge in [-0.2, -0.15) is 0 Å². The van der Waals surface area contributed by atoms with Gasteiger partial charge in [0.25, 0.3) is 0 Å². The quantitative estimate of drug-likeness (QED) is 0.703. The molecule has 1 aromatic rings. The smallest absolute Gasteiger partial charge is 0.150 e. The third kappa shape index (κ3) is 4.98. The minimum absolute atomic E-state index is 0.557. The van der Waals surface area contributed by atoms with Gasteiger partial charge in [0.15, 0.2) is 5.76 Å². The van der Waals surface area contributed by atoms with Gasteiger partial charge in [0, 0.05) is 12.1 Å². The Labute approximate surface area is 92.2 Å². The second kappa shape index (κ2) is 6.62. The molecule has 0 spiro atoms. The summed E-state index contributed by atoms with van der Waals surface area (Å²) in [6.07, 6.45) is 5.16. The summed E-state index contributed by atoms with van der Waals surface area (Å²) < 4.78 is 5.13. The van der Waals surface area contributed by atoms with Crippen LogP contribution in [0.2, 0.25) is 0 Å². The number of aromatic nitrogens is 1. The first-order chi connectivity index (χ1) is 7.22. The second-order valence-electron chi connectivity index (χ2n) is 4.21. The summed E-state index contributed by atoms with van der Waals surface area (Å²) in [7, 11) is 0. The number of aryl methyl sites for hydroxylation is 1. The highest BCUT2D eigenvalue weighted by atomic mass is 16.5. The van der Waals surface area contributed by atoms with Gasteiger partial charge in [-0.15, -0.1) is 0 Å². The molecule has 0 amide bonds. The van der Waals surface area contributed by atoms with E-state index in [0.717, 1.165) is 18.0 Å². The van der Waals surface area contributed by atoms with Gasteiger partial charge in [-0.3, -0.25) is 0 Å². The van der Waals surface area contributed by atoms with Crippen molar-refractivity contribution < 1.29 is 4.52 Å². The maximum absolute atomic E-state index is 5.13. The maximum atomic E-state index is 5.13. The maximum Gasteiger partial charge on any atom is 0.150 e. The molecule has 1 unspecified atom stereocenters. The van der Waals surface area contributed by atoms with E-state index < -0.39 is 0 Å². The van der Waals surface area contributed by atoms with Gasteiger partial charge < -0.3 is 9.84 Å². The fraction of sp³-hybridized carbons (Fsp3) is 0.750. The average Bonchev–Trinajstić information content (AvgIpc) is 2.62. The summed E-state index contributed by atoms with van der Waals surface area (Å²) in [5.74, 6) is 0.926. The molecule has 0 aliphatic rings. The van der Waals surface area contributed by atoms with Crippen LogP contribution < -0.4 is 5.32 Å². The summed E-state index contributed by atoms with van der Waals surface area (Å²) in [5.41, 5.74) is 0.949. The van der Waals surface area contributed by atoms with E-state index in [1.807, 2.05) is 13.0 Å². The Morgan fingerprint density at radius 3 is 2.87 bits per heavy atom. The lowest BCUT2D eigenvalue weighted by Crippen LogP contribution is -2.25. The number of unbranched alkanes of at least 4 members (excludes halogenated alkanes) is 2. The highest BCUT2D eigenvalue weighted by Gasteiger charge is 2.04. The molecule has 0 radical (unpaired) electrons.